The zero-order valence-corrected chi connectivity index (χ0v) is 29.0. The van der Waals surface area contributed by atoms with Gasteiger partial charge in [-0.2, -0.15) is 0 Å². The molecule has 0 aromatic heterocycles. The Hall–Kier alpha value is -3.96. The number of ketones is 1. The van der Waals surface area contributed by atoms with E-state index in [0.29, 0.717) is 51.7 Å². The Morgan fingerprint density at radius 2 is 1.67 bits per heavy atom. The number of piperidine rings is 2. The Bertz CT molecular complexity index is 1400. The summed E-state index contributed by atoms with van der Waals surface area (Å²) in [5.41, 5.74) is 1.90. The highest BCUT2D eigenvalue weighted by molar-refractivity contribution is 6.38. The van der Waals surface area contributed by atoms with Crippen LogP contribution in [0.1, 0.15) is 77.3 Å². The fourth-order valence-electron chi connectivity index (χ4n) is 7.66. The minimum absolute atomic E-state index is 0.0334. The molecule has 1 saturated carbocycles. The number of likely N-dealkylation sites (tertiary alicyclic amines) is 2. The number of benzene rings is 1. The smallest absolute Gasteiger partial charge is 0.315 e. The second kappa shape index (κ2) is 14.7. The van der Waals surface area contributed by atoms with E-state index in [0.717, 1.165) is 30.4 Å². The Kier molecular flexibility index (Phi) is 10.8. The number of hydrogen-bond donors (Lipinski definition) is 4. The molecule has 48 heavy (non-hydrogen) atoms. The highest BCUT2D eigenvalue weighted by atomic mass is 16.2. The van der Waals surface area contributed by atoms with Gasteiger partial charge in [-0.1, -0.05) is 58.4 Å². The third-order valence-corrected chi connectivity index (χ3v) is 10.6. The molecule has 3 unspecified atom stereocenters. The number of fused-ring (bicyclic) bond motifs is 2. The number of likely N-dealkylation sites (N-methyl/N-ethyl adjacent to an activating group) is 1. The lowest BCUT2D eigenvalue weighted by Crippen LogP contribution is -2.61. The van der Waals surface area contributed by atoms with E-state index in [-0.39, 0.29) is 41.0 Å². The van der Waals surface area contributed by atoms with E-state index in [1.54, 1.807) is 4.90 Å². The summed E-state index contributed by atoms with van der Waals surface area (Å²) in [4.78, 5) is 83.1. The minimum atomic E-state index is -0.984. The van der Waals surface area contributed by atoms with Crippen molar-refractivity contribution in [2.75, 3.05) is 26.7 Å². The van der Waals surface area contributed by atoms with Crippen molar-refractivity contribution >= 4 is 35.4 Å². The van der Waals surface area contributed by atoms with Crippen LogP contribution in [0.5, 0.6) is 0 Å². The molecule has 2 heterocycles. The Labute approximate surface area is 283 Å². The molecule has 262 valence electrons. The van der Waals surface area contributed by atoms with Crippen molar-refractivity contribution in [3.05, 3.63) is 35.4 Å². The lowest BCUT2D eigenvalue weighted by Gasteiger charge is -2.38. The number of Topliss-reactive ketones (excluding diaryl/α,β-unsaturated/α-hetero) is 1. The molecular weight excluding hydrogens is 612 g/mol. The average Bonchev–Trinajstić information content (AvgIpc) is 3.50. The van der Waals surface area contributed by atoms with E-state index in [1.165, 1.54) is 7.05 Å². The molecule has 1 aromatic carbocycles. The number of nitrogens with zero attached hydrogens (tertiary/aromatic N) is 2. The maximum atomic E-state index is 14.6. The summed E-state index contributed by atoms with van der Waals surface area (Å²) in [6, 6.07) is 4.50. The predicted molar refractivity (Wildman–Crippen MR) is 179 cm³/mol. The van der Waals surface area contributed by atoms with Crippen LogP contribution in [0.4, 0.5) is 4.79 Å². The van der Waals surface area contributed by atoms with Gasteiger partial charge in [0.15, 0.2) is 0 Å². The number of rotatable bonds is 12. The predicted octanol–water partition coefficient (Wildman–Crippen LogP) is 1.94. The van der Waals surface area contributed by atoms with Crippen LogP contribution in [0.25, 0.3) is 0 Å². The maximum Gasteiger partial charge on any atom is 0.315 e. The van der Waals surface area contributed by atoms with Gasteiger partial charge in [0.05, 0.1) is 12.1 Å². The van der Waals surface area contributed by atoms with Gasteiger partial charge in [0.2, 0.25) is 23.5 Å². The lowest BCUT2D eigenvalue weighted by atomic mass is 9.86. The highest BCUT2D eigenvalue weighted by Gasteiger charge is 2.58. The molecule has 3 fully saturated rings. The minimum Gasteiger partial charge on any atom is -0.353 e. The van der Waals surface area contributed by atoms with E-state index in [4.69, 9.17) is 0 Å². The summed E-state index contributed by atoms with van der Waals surface area (Å²) in [5, 5.41) is 11.3. The van der Waals surface area contributed by atoms with Gasteiger partial charge in [-0.3, -0.25) is 24.0 Å². The Morgan fingerprint density at radius 1 is 0.979 bits per heavy atom. The highest BCUT2D eigenvalue weighted by Crippen LogP contribution is 2.50. The third-order valence-electron chi connectivity index (χ3n) is 10.6. The molecular formula is C36H52N6O6. The van der Waals surface area contributed by atoms with Gasteiger partial charge in [-0.15, -0.1) is 0 Å². The summed E-state index contributed by atoms with van der Waals surface area (Å²) in [5.74, 6) is -2.24. The van der Waals surface area contributed by atoms with Gasteiger partial charge in [0.25, 0.3) is 5.91 Å². The van der Waals surface area contributed by atoms with Gasteiger partial charge in [0, 0.05) is 33.1 Å². The number of nitrogens with one attached hydrogen (secondary N) is 4. The van der Waals surface area contributed by atoms with Crippen molar-refractivity contribution in [1.82, 2.24) is 31.1 Å². The second-order valence-electron chi connectivity index (χ2n) is 15.1. The monoisotopic (exact) mass is 664 g/mol. The van der Waals surface area contributed by atoms with E-state index in [9.17, 15) is 28.8 Å². The third kappa shape index (κ3) is 7.84. The van der Waals surface area contributed by atoms with Crippen LogP contribution >= 0.6 is 0 Å². The molecule has 6 atom stereocenters. The Balaban J connectivity index is 1.35. The summed E-state index contributed by atoms with van der Waals surface area (Å²) in [7, 11) is 1.37. The van der Waals surface area contributed by atoms with Crippen molar-refractivity contribution in [1.29, 1.82) is 0 Å². The molecule has 4 aliphatic rings. The SMILES string of the molecule is CCCC(NC(=O)[C@@H]1C2CC2CN1C(=O)[C@@H](NC(=O)N[C@H](CN1CCCCC1=O)C(C)(C)C)C1Cc2ccccc2C1)C(=O)C(=O)NC. The van der Waals surface area contributed by atoms with Gasteiger partial charge in [-0.25, -0.2) is 4.79 Å². The standard InChI is InChI=1S/C36H52N6O6/c1-6-11-26(31(44)33(46)37-5)38-32(45)30-25-18-24(25)19-42(30)34(47)29(23-16-21-12-7-8-13-22(21)17-23)40-35(48)39-27(36(2,3)4)20-41-15-10-9-14-28(41)43/h7-8,12-13,23-27,29-30H,6,9-11,14-20H2,1-5H3,(H,37,46)(H,38,45)(H2,39,40,48)/t24?,25?,26?,27-,29+,30+/m1/s1. The number of carbonyl (C=O) groups excluding carboxylic acids is 6. The molecule has 0 bridgehead atoms. The van der Waals surface area contributed by atoms with E-state index >= 15 is 0 Å². The largest absolute Gasteiger partial charge is 0.353 e. The van der Waals surface area contributed by atoms with Crippen LogP contribution in [-0.2, 0) is 36.8 Å². The summed E-state index contributed by atoms with van der Waals surface area (Å²) in [6.45, 7) is 9.35. The molecule has 2 aliphatic carbocycles. The molecule has 4 N–H and O–H groups in total. The molecule has 2 aliphatic heterocycles. The first-order valence-electron chi connectivity index (χ1n) is 17.6. The zero-order chi connectivity index (χ0) is 34.7. The van der Waals surface area contributed by atoms with E-state index in [1.807, 2.05) is 56.9 Å². The van der Waals surface area contributed by atoms with Crippen molar-refractivity contribution in [2.24, 2.45) is 23.2 Å². The summed E-state index contributed by atoms with van der Waals surface area (Å²) >= 11 is 0. The molecule has 12 heteroatoms. The normalized spacial score (nSPS) is 23.8. The van der Waals surface area contributed by atoms with Crippen LogP contribution in [0.15, 0.2) is 24.3 Å². The first-order chi connectivity index (χ1) is 22.8. The molecule has 6 amide bonds. The van der Waals surface area contributed by atoms with Crippen molar-refractivity contribution in [3.63, 3.8) is 0 Å². The fraction of sp³-hybridized carbons (Fsp3) is 0.667. The molecule has 0 spiro atoms. The van der Waals surface area contributed by atoms with Gasteiger partial charge in [-0.05, 0) is 72.8 Å². The zero-order valence-electron chi connectivity index (χ0n) is 29.0. The van der Waals surface area contributed by atoms with Gasteiger partial charge in [0.1, 0.15) is 12.1 Å². The molecule has 1 aromatic rings. The van der Waals surface area contributed by atoms with Crippen LogP contribution in [0, 0.1) is 23.2 Å². The molecule has 12 nitrogen and oxygen atoms in total. The second-order valence-corrected chi connectivity index (χ2v) is 15.1. The first-order valence-corrected chi connectivity index (χ1v) is 17.6. The van der Waals surface area contributed by atoms with Crippen molar-refractivity contribution in [2.45, 2.75) is 103 Å². The van der Waals surface area contributed by atoms with Gasteiger partial charge >= 0.3 is 6.03 Å². The fourth-order valence-corrected chi connectivity index (χ4v) is 7.66. The quantitative estimate of drug-likeness (QED) is 0.250. The van der Waals surface area contributed by atoms with Crippen LogP contribution in [-0.4, -0.2) is 96.1 Å². The maximum absolute atomic E-state index is 14.6. The van der Waals surface area contributed by atoms with Crippen LogP contribution < -0.4 is 21.3 Å². The topological polar surface area (TPSA) is 157 Å². The molecule has 0 radical (unpaired) electrons. The first kappa shape index (κ1) is 35.3. The molecule has 5 rings (SSSR count). The van der Waals surface area contributed by atoms with Crippen LogP contribution in [0.3, 0.4) is 0 Å². The number of amides is 6. The van der Waals surface area contributed by atoms with E-state index < -0.39 is 41.8 Å². The number of hydrogen-bond acceptors (Lipinski definition) is 6. The lowest BCUT2D eigenvalue weighted by molar-refractivity contribution is -0.144. The average molecular weight is 665 g/mol. The molecule has 2 saturated heterocycles. The summed E-state index contributed by atoms with van der Waals surface area (Å²) in [6.07, 6.45) is 5.21. The van der Waals surface area contributed by atoms with Gasteiger partial charge < -0.3 is 31.1 Å². The summed E-state index contributed by atoms with van der Waals surface area (Å²) < 4.78 is 0. The van der Waals surface area contributed by atoms with E-state index in [2.05, 4.69) is 21.3 Å². The van der Waals surface area contributed by atoms with Crippen molar-refractivity contribution < 1.29 is 28.8 Å². The number of urea groups is 1. The van der Waals surface area contributed by atoms with Crippen LogP contribution in [0.2, 0.25) is 0 Å². The van der Waals surface area contributed by atoms with Crippen molar-refractivity contribution in [3.8, 4) is 0 Å². The number of carbonyl (C=O) groups is 6. The Morgan fingerprint density at radius 3 is 2.27 bits per heavy atom.